The van der Waals surface area contributed by atoms with Gasteiger partial charge in [-0.15, -0.1) is 0 Å². The van der Waals surface area contributed by atoms with Gasteiger partial charge in [0.05, 0.1) is 4.90 Å². The Morgan fingerprint density at radius 3 is 2.56 bits per heavy atom. The second-order valence-corrected chi connectivity index (χ2v) is 9.39. The molecule has 0 bridgehead atoms. The average Bonchev–Trinajstić information content (AvgIpc) is 3.28. The predicted octanol–water partition coefficient (Wildman–Crippen LogP) is 3.27. The molecule has 142 valence electrons. The van der Waals surface area contributed by atoms with E-state index in [1.807, 2.05) is 35.9 Å². The first-order valence-corrected chi connectivity index (χ1v) is 10.7. The third kappa shape index (κ3) is 3.15. The highest BCUT2D eigenvalue weighted by Crippen LogP contribution is 2.32. The summed E-state index contributed by atoms with van der Waals surface area (Å²) in [6.45, 7) is 5.15. The maximum atomic E-state index is 13.0. The van der Waals surface area contributed by atoms with Gasteiger partial charge in [-0.25, -0.2) is 18.4 Å². The van der Waals surface area contributed by atoms with Gasteiger partial charge < -0.3 is 4.57 Å². The summed E-state index contributed by atoms with van der Waals surface area (Å²) in [4.78, 5) is 9.43. The second-order valence-electron chi connectivity index (χ2n) is 7.45. The van der Waals surface area contributed by atoms with E-state index in [-0.39, 0.29) is 5.92 Å². The number of aryl methyl sites for hydroxylation is 1. The molecule has 3 aromatic rings. The van der Waals surface area contributed by atoms with Gasteiger partial charge in [0.15, 0.2) is 5.65 Å². The zero-order valence-corrected chi connectivity index (χ0v) is 16.6. The molecule has 0 radical (unpaired) electrons. The first-order chi connectivity index (χ1) is 12.9. The van der Waals surface area contributed by atoms with Crippen molar-refractivity contribution in [3.8, 4) is 0 Å². The van der Waals surface area contributed by atoms with Crippen molar-refractivity contribution in [3.05, 3.63) is 54.0 Å². The normalized spacial score (nSPS) is 18.6. The van der Waals surface area contributed by atoms with Crippen molar-refractivity contribution in [2.24, 2.45) is 7.05 Å². The summed E-state index contributed by atoms with van der Waals surface area (Å²) in [7, 11) is -1.54. The Labute approximate surface area is 159 Å². The summed E-state index contributed by atoms with van der Waals surface area (Å²) in [5.74, 6) is 1.36. The lowest BCUT2D eigenvalue weighted by atomic mass is 10.0. The quantitative estimate of drug-likeness (QED) is 0.692. The van der Waals surface area contributed by atoms with Crippen molar-refractivity contribution in [1.82, 2.24) is 18.8 Å². The highest BCUT2D eigenvalue weighted by atomic mass is 32.2. The van der Waals surface area contributed by atoms with Crippen LogP contribution in [0.1, 0.15) is 43.5 Å². The molecule has 1 aliphatic heterocycles. The molecule has 0 amide bonds. The molecule has 1 aromatic carbocycles. The fraction of sp³-hybridized carbons (Fsp3) is 0.400. The summed E-state index contributed by atoms with van der Waals surface area (Å²) in [6.07, 6.45) is 2.51. The number of rotatable bonds is 4. The summed E-state index contributed by atoms with van der Waals surface area (Å²) < 4.78 is 29.6. The Balaban J connectivity index is 1.58. The minimum Gasteiger partial charge on any atom is -0.316 e. The molecule has 0 N–H and O–H groups in total. The summed E-state index contributed by atoms with van der Waals surface area (Å²) in [6, 6.07) is 11.1. The van der Waals surface area contributed by atoms with Gasteiger partial charge in [-0.3, -0.25) is 0 Å². The Kier molecular flexibility index (Phi) is 4.52. The van der Waals surface area contributed by atoms with Crippen LogP contribution in [-0.4, -0.2) is 40.3 Å². The Bertz CT molecular complexity index is 1070. The van der Waals surface area contributed by atoms with Gasteiger partial charge in [-0.2, -0.15) is 4.31 Å². The van der Waals surface area contributed by atoms with Crippen molar-refractivity contribution in [3.63, 3.8) is 0 Å². The number of nitrogens with zero attached hydrogens (tertiary/aromatic N) is 4. The lowest BCUT2D eigenvalue weighted by Crippen LogP contribution is -2.29. The molecular weight excluding hydrogens is 360 g/mol. The molecule has 1 fully saturated rings. The van der Waals surface area contributed by atoms with Crippen LogP contribution in [0, 0.1) is 0 Å². The molecule has 7 heteroatoms. The van der Waals surface area contributed by atoms with E-state index in [1.165, 1.54) is 0 Å². The van der Waals surface area contributed by atoms with Crippen molar-refractivity contribution in [2.75, 3.05) is 13.1 Å². The van der Waals surface area contributed by atoms with Crippen LogP contribution in [0.5, 0.6) is 0 Å². The number of benzene rings is 1. The van der Waals surface area contributed by atoms with E-state index in [0.29, 0.717) is 23.9 Å². The molecule has 4 rings (SSSR count). The maximum Gasteiger partial charge on any atom is 0.243 e. The molecule has 6 nitrogen and oxygen atoms in total. The van der Waals surface area contributed by atoms with E-state index in [4.69, 9.17) is 4.98 Å². The Hall–Kier alpha value is -2.25. The van der Waals surface area contributed by atoms with Crippen LogP contribution in [0.4, 0.5) is 0 Å². The maximum absolute atomic E-state index is 13.0. The van der Waals surface area contributed by atoms with Gasteiger partial charge in [0.25, 0.3) is 0 Å². The van der Waals surface area contributed by atoms with E-state index in [9.17, 15) is 8.42 Å². The Morgan fingerprint density at radius 1 is 1.15 bits per heavy atom. The standard InChI is InChI=1S/C20H24N4O2S/c1-14(2)15-6-8-17(9-7-15)27(25,26)24-12-10-16(13-24)19-22-18-5-4-11-21-20(18)23(19)3/h4-9,11,14,16H,10,12-13H2,1-3H3/t16-/m0/s1. The molecule has 0 saturated carbocycles. The van der Waals surface area contributed by atoms with E-state index in [1.54, 1.807) is 22.6 Å². The monoisotopic (exact) mass is 384 g/mol. The minimum atomic E-state index is -3.48. The number of pyridine rings is 1. The number of hydrogen-bond donors (Lipinski definition) is 0. The molecule has 1 atom stereocenters. The molecule has 0 aliphatic carbocycles. The molecule has 27 heavy (non-hydrogen) atoms. The van der Waals surface area contributed by atoms with Gasteiger partial charge >= 0.3 is 0 Å². The second kappa shape index (κ2) is 6.73. The van der Waals surface area contributed by atoms with Gasteiger partial charge in [-0.05, 0) is 42.2 Å². The van der Waals surface area contributed by atoms with E-state index >= 15 is 0 Å². The highest BCUT2D eigenvalue weighted by molar-refractivity contribution is 7.89. The van der Waals surface area contributed by atoms with Crippen molar-refractivity contribution in [2.45, 2.75) is 37.0 Å². The molecular formula is C20H24N4O2S. The molecule has 1 saturated heterocycles. The lowest BCUT2D eigenvalue weighted by Gasteiger charge is -2.17. The van der Waals surface area contributed by atoms with Crippen LogP contribution >= 0.6 is 0 Å². The van der Waals surface area contributed by atoms with Gasteiger partial charge in [0.1, 0.15) is 11.3 Å². The van der Waals surface area contributed by atoms with E-state index < -0.39 is 10.0 Å². The third-order valence-corrected chi connectivity index (χ3v) is 7.24. The first kappa shape index (κ1) is 18.1. The van der Waals surface area contributed by atoms with Crippen LogP contribution < -0.4 is 0 Å². The lowest BCUT2D eigenvalue weighted by molar-refractivity contribution is 0.470. The molecule has 0 spiro atoms. The first-order valence-electron chi connectivity index (χ1n) is 9.25. The van der Waals surface area contributed by atoms with Gasteiger partial charge in [-0.1, -0.05) is 26.0 Å². The molecule has 0 unspecified atom stereocenters. The fourth-order valence-corrected chi connectivity index (χ4v) is 5.24. The van der Waals surface area contributed by atoms with E-state index in [2.05, 4.69) is 18.8 Å². The van der Waals surface area contributed by atoms with Crippen molar-refractivity contribution in [1.29, 1.82) is 0 Å². The fourth-order valence-electron chi connectivity index (χ4n) is 3.74. The molecule has 3 heterocycles. The largest absolute Gasteiger partial charge is 0.316 e. The average molecular weight is 385 g/mol. The number of imidazole rings is 1. The minimum absolute atomic E-state index is 0.0777. The van der Waals surface area contributed by atoms with Crippen LogP contribution in [0.3, 0.4) is 0 Å². The number of aromatic nitrogens is 3. The Morgan fingerprint density at radius 2 is 1.89 bits per heavy atom. The number of fused-ring (bicyclic) bond motifs is 1. The van der Waals surface area contributed by atoms with Crippen LogP contribution in [-0.2, 0) is 17.1 Å². The zero-order valence-electron chi connectivity index (χ0n) is 15.8. The third-order valence-electron chi connectivity index (χ3n) is 5.36. The summed E-state index contributed by atoms with van der Waals surface area (Å²) in [5.41, 5.74) is 2.82. The van der Waals surface area contributed by atoms with Gasteiger partial charge in [0, 0.05) is 32.3 Å². The van der Waals surface area contributed by atoms with Crippen molar-refractivity contribution < 1.29 is 8.42 Å². The zero-order chi connectivity index (χ0) is 19.2. The smallest absolute Gasteiger partial charge is 0.243 e. The van der Waals surface area contributed by atoms with Crippen molar-refractivity contribution >= 4 is 21.2 Å². The van der Waals surface area contributed by atoms with Crippen LogP contribution in [0.25, 0.3) is 11.2 Å². The molecule has 1 aliphatic rings. The summed E-state index contributed by atoms with van der Waals surface area (Å²) in [5, 5.41) is 0. The number of hydrogen-bond acceptors (Lipinski definition) is 4. The van der Waals surface area contributed by atoms with Crippen LogP contribution in [0.2, 0.25) is 0 Å². The predicted molar refractivity (Wildman–Crippen MR) is 105 cm³/mol. The highest BCUT2D eigenvalue weighted by Gasteiger charge is 2.35. The number of sulfonamides is 1. The topological polar surface area (TPSA) is 68.1 Å². The van der Waals surface area contributed by atoms with Gasteiger partial charge in [0.2, 0.25) is 10.0 Å². The van der Waals surface area contributed by atoms with E-state index in [0.717, 1.165) is 29.0 Å². The summed E-state index contributed by atoms with van der Waals surface area (Å²) >= 11 is 0. The molecule has 2 aromatic heterocycles. The SMILES string of the molecule is CC(C)c1ccc(S(=O)(=O)N2CC[C@H](c3nc4cccnc4n3C)C2)cc1. The van der Waals surface area contributed by atoms with Crippen LogP contribution in [0.15, 0.2) is 47.5 Å².